The third kappa shape index (κ3) is 6.99. The third-order valence-electron chi connectivity index (χ3n) is 6.77. The topological polar surface area (TPSA) is 51.8 Å². The first kappa shape index (κ1) is 29.0. The van der Waals surface area contributed by atoms with E-state index in [9.17, 15) is 0 Å². The summed E-state index contributed by atoms with van der Waals surface area (Å²) in [4.78, 5) is 13.6. The molecule has 7 aromatic rings. The standard InChI is InChI=1S/C27H27N2OS.C11H8N.Ir/c1-26(2,3)15-16-10-11-28-20(12-16)18-9-7-8-17-19-13-23-21(14-22(19)30-24(17)18)29-25(31-23)27(4,5)6;1-2-6-10(7-3-1)11-8-4-5-9-12-11;/h7-8,10-14H,15H2,1-6H3;1-6,8-9H;/q2*-1;/i15D2;;. The summed E-state index contributed by atoms with van der Waals surface area (Å²) in [6.45, 7) is 12.2. The zero-order valence-electron chi connectivity index (χ0n) is 27.7. The van der Waals surface area contributed by atoms with E-state index in [0.29, 0.717) is 16.8 Å². The zero-order chi connectivity index (χ0) is 32.0. The van der Waals surface area contributed by atoms with Crippen LogP contribution in [0.5, 0.6) is 0 Å². The van der Waals surface area contributed by atoms with Crippen molar-refractivity contribution >= 4 is 43.5 Å². The van der Waals surface area contributed by atoms with Crippen molar-refractivity contribution in [2.75, 3.05) is 0 Å². The number of aromatic nitrogens is 3. The number of nitrogens with zero attached hydrogens (tertiary/aromatic N) is 3. The zero-order valence-corrected chi connectivity index (χ0v) is 28.9. The van der Waals surface area contributed by atoms with E-state index in [0.717, 1.165) is 48.4 Å². The van der Waals surface area contributed by atoms with Gasteiger partial charge in [0.1, 0.15) is 5.58 Å². The van der Waals surface area contributed by atoms with Crippen molar-refractivity contribution in [3.05, 3.63) is 114 Å². The molecule has 0 unspecified atom stereocenters. The van der Waals surface area contributed by atoms with E-state index in [4.69, 9.17) is 12.1 Å². The van der Waals surface area contributed by atoms with Crippen LogP contribution in [0.15, 0.2) is 95.7 Å². The molecule has 4 aromatic heterocycles. The molecular weight excluding hydrogens is 739 g/mol. The van der Waals surface area contributed by atoms with Crippen LogP contribution < -0.4 is 0 Å². The van der Waals surface area contributed by atoms with Crippen LogP contribution in [0.4, 0.5) is 0 Å². The maximum atomic E-state index is 8.65. The molecule has 0 saturated carbocycles. The smallest absolute Gasteiger partial charge is 0.123 e. The van der Waals surface area contributed by atoms with Crippen LogP contribution in [0.1, 0.15) is 54.9 Å². The Kier molecular flexibility index (Phi) is 8.40. The van der Waals surface area contributed by atoms with Gasteiger partial charge in [-0.3, -0.25) is 0 Å². The molecular formula is C38H35IrN3OS-2. The van der Waals surface area contributed by atoms with Crippen molar-refractivity contribution in [3.63, 3.8) is 0 Å². The summed E-state index contributed by atoms with van der Waals surface area (Å²) in [5.41, 5.74) is 5.89. The largest absolute Gasteiger partial charge is 0.501 e. The molecule has 0 aliphatic rings. The van der Waals surface area contributed by atoms with Gasteiger partial charge in [-0.2, -0.15) is 0 Å². The Morgan fingerprint density at radius 2 is 1.61 bits per heavy atom. The monoisotopic (exact) mass is 776 g/mol. The van der Waals surface area contributed by atoms with Gasteiger partial charge in [0.25, 0.3) is 0 Å². The van der Waals surface area contributed by atoms with Crippen molar-refractivity contribution in [2.24, 2.45) is 5.41 Å². The third-order valence-corrected chi connectivity index (χ3v) is 8.21. The van der Waals surface area contributed by atoms with Crippen molar-refractivity contribution in [3.8, 4) is 22.5 Å². The second kappa shape index (κ2) is 12.7. The first-order valence-electron chi connectivity index (χ1n) is 15.4. The van der Waals surface area contributed by atoms with Crippen LogP contribution in [-0.2, 0) is 31.9 Å². The second-order valence-corrected chi connectivity index (χ2v) is 13.6. The number of thiazole rings is 1. The predicted molar refractivity (Wildman–Crippen MR) is 179 cm³/mol. The number of hydrogen-bond donors (Lipinski definition) is 0. The Hall–Kier alpha value is -3.70. The summed E-state index contributed by atoms with van der Waals surface area (Å²) in [5, 5.41) is 3.15. The van der Waals surface area contributed by atoms with E-state index in [2.05, 4.69) is 48.9 Å². The summed E-state index contributed by atoms with van der Waals surface area (Å²) < 4.78 is 24.8. The molecule has 0 atom stereocenters. The first-order valence-corrected chi connectivity index (χ1v) is 15.2. The second-order valence-electron chi connectivity index (χ2n) is 12.6. The van der Waals surface area contributed by atoms with Crippen molar-refractivity contribution in [1.29, 1.82) is 0 Å². The van der Waals surface area contributed by atoms with Crippen LogP contribution in [0, 0.1) is 17.5 Å². The van der Waals surface area contributed by atoms with Gasteiger partial charge in [0.2, 0.25) is 0 Å². The van der Waals surface area contributed by atoms with Gasteiger partial charge < -0.3 is 14.4 Å². The van der Waals surface area contributed by atoms with Gasteiger partial charge in [0, 0.05) is 52.1 Å². The van der Waals surface area contributed by atoms with Crippen molar-refractivity contribution in [1.82, 2.24) is 15.0 Å². The molecule has 1 radical (unpaired) electrons. The molecule has 0 fully saturated rings. The van der Waals surface area contributed by atoms with E-state index in [-0.39, 0.29) is 25.5 Å². The van der Waals surface area contributed by atoms with Gasteiger partial charge in [-0.05, 0) is 41.4 Å². The summed E-state index contributed by atoms with van der Waals surface area (Å²) in [6, 6.07) is 31.7. The maximum Gasteiger partial charge on any atom is 0.123 e. The maximum absolute atomic E-state index is 8.65. The minimum atomic E-state index is -1.51. The van der Waals surface area contributed by atoms with Gasteiger partial charge in [-0.25, -0.2) is 4.98 Å². The number of rotatable bonds is 3. The van der Waals surface area contributed by atoms with Crippen LogP contribution in [0.25, 0.3) is 54.7 Å². The van der Waals surface area contributed by atoms with E-state index >= 15 is 0 Å². The fourth-order valence-electron chi connectivity index (χ4n) is 4.83. The fraction of sp³-hybridized carbons (Fsp3) is 0.237. The van der Waals surface area contributed by atoms with Crippen LogP contribution in [0.2, 0.25) is 0 Å². The van der Waals surface area contributed by atoms with E-state index in [1.165, 1.54) is 0 Å². The Morgan fingerprint density at radius 3 is 2.32 bits per heavy atom. The first-order chi connectivity index (χ1) is 21.3. The minimum absolute atomic E-state index is 0. The van der Waals surface area contributed by atoms with E-state index < -0.39 is 11.8 Å². The van der Waals surface area contributed by atoms with Crippen molar-refractivity contribution < 1.29 is 27.3 Å². The van der Waals surface area contributed by atoms with E-state index in [1.54, 1.807) is 29.8 Å². The summed E-state index contributed by atoms with van der Waals surface area (Å²) in [5.74, 6) is 0. The van der Waals surface area contributed by atoms with Gasteiger partial charge in [0.05, 0.1) is 20.8 Å². The molecule has 0 amide bonds. The Morgan fingerprint density at radius 1 is 0.818 bits per heavy atom. The molecule has 0 N–H and O–H groups in total. The average Bonchev–Trinajstić information content (AvgIpc) is 3.61. The molecule has 0 aliphatic heterocycles. The summed E-state index contributed by atoms with van der Waals surface area (Å²) >= 11 is 1.72. The minimum Gasteiger partial charge on any atom is -0.501 e. The molecule has 0 saturated heterocycles. The molecule has 7 rings (SSSR count). The normalized spacial score (nSPS) is 12.8. The Bertz CT molecular complexity index is 2070. The molecule has 44 heavy (non-hydrogen) atoms. The fourth-order valence-corrected chi connectivity index (χ4v) is 5.87. The number of fused-ring (bicyclic) bond motifs is 4. The average molecular weight is 776 g/mol. The van der Waals surface area contributed by atoms with E-state index in [1.807, 2.05) is 87.5 Å². The summed E-state index contributed by atoms with van der Waals surface area (Å²) in [7, 11) is 0. The quantitative estimate of drug-likeness (QED) is 0.168. The van der Waals surface area contributed by atoms with Gasteiger partial charge in [-0.15, -0.1) is 65.4 Å². The number of benzene rings is 3. The number of hydrogen-bond acceptors (Lipinski definition) is 5. The molecule has 0 bridgehead atoms. The van der Waals surface area contributed by atoms with Crippen molar-refractivity contribution in [2.45, 2.75) is 53.3 Å². The molecule has 4 heterocycles. The van der Waals surface area contributed by atoms with Gasteiger partial charge in [0.15, 0.2) is 0 Å². The van der Waals surface area contributed by atoms with Crippen LogP contribution in [0.3, 0.4) is 0 Å². The van der Waals surface area contributed by atoms with Crippen LogP contribution in [-0.4, -0.2) is 15.0 Å². The molecule has 4 nitrogen and oxygen atoms in total. The Labute approximate surface area is 279 Å². The summed E-state index contributed by atoms with van der Waals surface area (Å²) in [6.07, 6.45) is 1.95. The molecule has 0 aliphatic carbocycles. The molecule has 3 aromatic carbocycles. The predicted octanol–water partition coefficient (Wildman–Crippen LogP) is 10.5. The Balaban J connectivity index is 0.000000269. The SMILES string of the molecule is [2H]C([2H])(c1ccnc(-c2[c-]ccc3c2oc2cc4nc(C(C)(C)C)sc4cc23)c1)C(C)(C)C.[Ir].[c-]1ccccc1-c1ccccn1. The number of furan rings is 1. The molecule has 225 valence electrons. The van der Waals surface area contributed by atoms with Crippen LogP contribution >= 0.6 is 11.3 Å². The van der Waals surface area contributed by atoms with Gasteiger partial charge in [-0.1, -0.05) is 76.3 Å². The molecule has 0 spiro atoms. The van der Waals surface area contributed by atoms with Gasteiger partial charge >= 0.3 is 0 Å². The molecule has 6 heteroatoms. The number of pyridine rings is 2.